The highest BCUT2D eigenvalue weighted by Gasteiger charge is 2.36. The lowest BCUT2D eigenvalue weighted by molar-refractivity contribution is 0.332. The minimum absolute atomic E-state index is 0.384. The van der Waals surface area contributed by atoms with Crippen LogP contribution in [0.5, 0.6) is 0 Å². The zero-order chi connectivity index (χ0) is 12.4. The molecule has 96 valence electrons. The summed E-state index contributed by atoms with van der Waals surface area (Å²) in [5.41, 5.74) is 0. The van der Waals surface area contributed by atoms with Gasteiger partial charge in [0.25, 0.3) is 20.2 Å². The van der Waals surface area contributed by atoms with Crippen molar-refractivity contribution in [2.24, 2.45) is 5.92 Å². The minimum atomic E-state index is -4.44. The molecule has 0 heterocycles. The van der Waals surface area contributed by atoms with Crippen molar-refractivity contribution in [2.45, 2.75) is 37.4 Å². The largest absolute Gasteiger partial charge is 0.286 e. The van der Waals surface area contributed by atoms with Crippen LogP contribution in [-0.4, -0.2) is 36.9 Å². The second kappa shape index (κ2) is 4.99. The normalized spacial score (nSPS) is 21.9. The summed E-state index contributed by atoms with van der Waals surface area (Å²) >= 11 is 0. The van der Waals surface area contributed by atoms with Crippen molar-refractivity contribution in [2.75, 3.05) is 5.75 Å². The Bertz CT molecular complexity index is 417. The molecule has 1 unspecified atom stereocenters. The molecule has 0 aromatic rings. The molecule has 0 saturated heterocycles. The van der Waals surface area contributed by atoms with Crippen molar-refractivity contribution in [3.63, 3.8) is 0 Å². The first-order valence-electron chi connectivity index (χ1n) is 5.11. The van der Waals surface area contributed by atoms with E-state index in [4.69, 9.17) is 9.11 Å². The molecule has 1 aliphatic rings. The predicted octanol–water partition coefficient (Wildman–Crippen LogP) is 0.711. The van der Waals surface area contributed by atoms with Crippen molar-refractivity contribution < 1.29 is 25.9 Å². The Morgan fingerprint density at radius 2 is 1.50 bits per heavy atom. The fraction of sp³-hybridized carbons (Fsp3) is 1.00. The third-order valence-corrected chi connectivity index (χ3v) is 5.24. The predicted molar refractivity (Wildman–Crippen MR) is 58.3 cm³/mol. The van der Waals surface area contributed by atoms with E-state index in [1.54, 1.807) is 0 Å². The summed E-state index contributed by atoms with van der Waals surface area (Å²) in [7, 11) is -8.83. The van der Waals surface area contributed by atoms with E-state index in [1.165, 1.54) is 0 Å². The third kappa shape index (κ3) is 4.36. The van der Waals surface area contributed by atoms with Crippen LogP contribution in [0.1, 0.15) is 32.1 Å². The molecule has 1 aliphatic carbocycles. The standard InChI is InChI=1S/C8H16O6S2/c9-15(10,11)6-8(16(12,13)14)7-4-2-1-3-5-7/h7-8H,1-6H2,(H,9,10,11)(H,12,13,14). The summed E-state index contributed by atoms with van der Waals surface area (Å²) in [5.74, 6) is -1.30. The van der Waals surface area contributed by atoms with Crippen LogP contribution in [0.2, 0.25) is 0 Å². The van der Waals surface area contributed by atoms with Gasteiger partial charge in [-0.3, -0.25) is 9.11 Å². The van der Waals surface area contributed by atoms with E-state index in [9.17, 15) is 16.8 Å². The van der Waals surface area contributed by atoms with Crippen LogP contribution in [0, 0.1) is 5.92 Å². The Morgan fingerprint density at radius 3 is 1.88 bits per heavy atom. The van der Waals surface area contributed by atoms with Gasteiger partial charge in [-0.1, -0.05) is 19.3 Å². The molecule has 1 atom stereocenters. The number of rotatable bonds is 4. The topological polar surface area (TPSA) is 109 Å². The van der Waals surface area contributed by atoms with Gasteiger partial charge in [-0.2, -0.15) is 16.8 Å². The van der Waals surface area contributed by atoms with Crippen LogP contribution in [0.15, 0.2) is 0 Å². The van der Waals surface area contributed by atoms with Gasteiger partial charge in [0.1, 0.15) is 5.25 Å². The van der Waals surface area contributed by atoms with Crippen LogP contribution in [0.3, 0.4) is 0 Å². The number of hydrogen-bond acceptors (Lipinski definition) is 4. The molecule has 0 spiro atoms. The van der Waals surface area contributed by atoms with Gasteiger partial charge < -0.3 is 0 Å². The van der Waals surface area contributed by atoms with Gasteiger partial charge in [0.2, 0.25) is 0 Å². The summed E-state index contributed by atoms with van der Waals surface area (Å²) in [6.45, 7) is 0. The first-order chi connectivity index (χ1) is 7.20. The molecule has 1 saturated carbocycles. The van der Waals surface area contributed by atoms with E-state index in [0.717, 1.165) is 19.3 Å². The molecular weight excluding hydrogens is 256 g/mol. The molecule has 0 aromatic heterocycles. The van der Waals surface area contributed by atoms with E-state index in [2.05, 4.69) is 0 Å². The molecule has 2 N–H and O–H groups in total. The third-order valence-electron chi connectivity index (χ3n) is 2.93. The smallest absolute Gasteiger partial charge is 0.269 e. The van der Waals surface area contributed by atoms with Crippen LogP contribution in [-0.2, 0) is 20.2 Å². The highest BCUT2D eigenvalue weighted by atomic mass is 32.2. The Balaban J connectivity index is 2.87. The zero-order valence-corrected chi connectivity index (χ0v) is 10.4. The highest BCUT2D eigenvalue weighted by Crippen LogP contribution is 2.30. The average Bonchev–Trinajstić information content (AvgIpc) is 2.13. The van der Waals surface area contributed by atoms with Gasteiger partial charge in [0.05, 0.1) is 5.75 Å². The maximum absolute atomic E-state index is 11.1. The second-order valence-electron chi connectivity index (χ2n) is 4.20. The summed E-state index contributed by atoms with van der Waals surface area (Å²) in [6.07, 6.45) is 3.77. The van der Waals surface area contributed by atoms with E-state index >= 15 is 0 Å². The monoisotopic (exact) mass is 272 g/mol. The fourth-order valence-corrected chi connectivity index (χ4v) is 4.83. The maximum atomic E-state index is 11.1. The van der Waals surface area contributed by atoms with Gasteiger partial charge in [0, 0.05) is 0 Å². The van der Waals surface area contributed by atoms with Gasteiger partial charge >= 0.3 is 0 Å². The summed E-state index contributed by atoms with van der Waals surface area (Å²) < 4.78 is 61.3. The van der Waals surface area contributed by atoms with E-state index in [0.29, 0.717) is 12.8 Å². The van der Waals surface area contributed by atoms with Crippen molar-refractivity contribution >= 4 is 20.2 Å². The number of hydrogen-bond donors (Lipinski definition) is 2. The minimum Gasteiger partial charge on any atom is -0.286 e. The molecule has 8 heteroatoms. The lowest BCUT2D eigenvalue weighted by atomic mass is 9.87. The summed E-state index contributed by atoms with van der Waals surface area (Å²) in [5, 5.41) is -1.40. The van der Waals surface area contributed by atoms with E-state index in [-0.39, 0.29) is 5.92 Å². The SMILES string of the molecule is O=S(=O)(O)CC(C1CCCCC1)S(=O)(=O)O. The second-order valence-corrected chi connectivity index (χ2v) is 7.33. The zero-order valence-electron chi connectivity index (χ0n) is 8.74. The van der Waals surface area contributed by atoms with Gasteiger partial charge in [-0.25, -0.2) is 0 Å². The fourth-order valence-electron chi connectivity index (χ4n) is 2.18. The molecular formula is C8H16O6S2. The van der Waals surface area contributed by atoms with Crippen LogP contribution in [0.4, 0.5) is 0 Å². The molecule has 0 aromatic carbocycles. The lowest BCUT2D eigenvalue weighted by Crippen LogP contribution is -2.37. The maximum Gasteiger partial charge on any atom is 0.269 e. The average molecular weight is 272 g/mol. The highest BCUT2D eigenvalue weighted by molar-refractivity contribution is 7.90. The molecule has 1 rings (SSSR count). The first kappa shape index (κ1) is 13.9. The molecule has 0 aliphatic heterocycles. The lowest BCUT2D eigenvalue weighted by Gasteiger charge is -2.27. The van der Waals surface area contributed by atoms with Crippen LogP contribution in [0.25, 0.3) is 0 Å². The Hall–Kier alpha value is -0.180. The van der Waals surface area contributed by atoms with Crippen LogP contribution < -0.4 is 0 Å². The van der Waals surface area contributed by atoms with Crippen molar-refractivity contribution in [1.82, 2.24) is 0 Å². The van der Waals surface area contributed by atoms with Crippen molar-refractivity contribution in [3.05, 3.63) is 0 Å². The molecule has 6 nitrogen and oxygen atoms in total. The van der Waals surface area contributed by atoms with E-state index < -0.39 is 31.2 Å². The molecule has 1 fully saturated rings. The van der Waals surface area contributed by atoms with Gasteiger partial charge in [-0.05, 0) is 18.8 Å². The van der Waals surface area contributed by atoms with Gasteiger partial charge in [-0.15, -0.1) is 0 Å². The van der Waals surface area contributed by atoms with Gasteiger partial charge in [0.15, 0.2) is 0 Å². The summed E-state index contributed by atoms with van der Waals surface area (Å²) in [6, 6.07) is 0. The molecule has 16 heavy (non-hydrogen) atoms. The molecule has 0 amide bonds. The van der Waals surface area contributed by atoms with Crippen molar-refractivity contribution in [1.29, 1.82) is 0 Å². The van der Waals surface area contributed by atoms with Crippen molar-refractivity contribution in [3.8, 4) is 0 Å². The Labute approximate surface area is 95.5 Å². The molecule has 0 bridgehead atoms. The van der Waals surface area contributed by atoms with Crippen LogP contribution >= 0.6 is 0 Å². The Morgan fingerprint density at radius 1 is 1.00 bits per heavy atom. The van der Waals surface area contributed by atoms with E-state index in [1.807, 2.05) is 0 Å². The summed E-state index contributed by atoms with van der Waals surface area (Å²) in [4.78, 5) is 0. The molecule has 0 radical (unpaired) electrons. The quantitative estimate of drug-likeness (QED) is 0.729. The Kier molecular flexibility index (Phi) is 4.33. The first-order valence-corrected chi connectivity index (χ1v) is 8.23.